The lowest BCUT2D eigenvalue weighted by Gasteiger charge is -2.26. The van der Waals surface area contributed by atoms with Crippen molar-refractivity contribution in [2.75, 3.05) is 27.2 Å². The molecule has 3 aromatic rings. The van der Waals surface area contributed by atoms with Crippen LogP contribution in [0.5, 0.6) is 0 Å². The predicted octanol–water partition coefficient (Wildman–Crippen LogP) is 3.42. The zero-order valence-electron chi connectivity index (χ0n) is 20.3. The van der Waals surface area contributed by atoms with Gasteiger partial charge >= 0.3 is 5.97 Å². The number of hydrogen-bond donors (Lipinski definition) is 2. The molecule has 1 saturated carbocycles. The van der Waals surface area contributed by atoms with Crippen molar-refractivity contribution in [2.24, 2.45) is 5.73 Å². The van der Waals surface area contributed by atoms with Crippen LogP contribution in [0.3, 0.4) is 0 Å². The summed E-state index contributed by atoms with van der Waals surface area (Å²) in [6.45, 7) is 1.33. The number of fused-ring (bicyclic) bond motifs is 1. The fraction of sp³-hybridized carbons (Fsp3) is 0.370. The molecule has 3 N–H and O–H groups in total. The van der Waals surface area contributed by atoms with Gasteiger partial charge in [-0.1, -0.05) is 18.2 Å². The number of likely N-dealkylation sites (N-methyl/N-ethyl adjacent to an activating group) is 1. The van der Waals surface area contributed by atoms with Gasteiger partial charge in [-0.2, -0.15) is 0 Å². The Labute approximate surface area is 214 Å². The molecule has 2 fully saturated rings. The third kappa shape index (κ3) is 4.14. The Balaban J connectivity index is 1.41. The molecule has 2 unspecified atom stereocenters. The van der Waals surface area contributed by atoms with Crippen LogP contribution < -0.4 is 5.73 Å². The number of halogens is 1. The number of hydrogen-bond acceptors (Lipinski definition) is 4. The number of aromatic nitrogens is 1. The number of amides is 2. The van der Waals surface area contributed by atoms with Gasteiger partial charge in [-0.05, 0) is 69.3 Å². The number of rotatable bonds is 7. The van der Waals surface area contributed by atoms with Gasteiger partial charge in [-0.3, -0.25) is 13.7 Å². The maximum atomic E-state index is 13.5. The van der Waals surface area contributed by atoms with Crippen LogP contribution in [0.2, 0.25) is 0 Å². The van der Waals surface area contributed by atoms with E-state index in [0.29, 0.717) is 29.7 Å². The molecule has 0 spiro atoms. The molecule has 2 aromatic carbocycles. The zero-order valence-corrected chi connectivity index (χ0v) is 21.0. The normalized spacial score (nSPS) is 20.7. The van der Waals surface area contributed by atoms with E-state index in [4.69, 9.17) is 17.5 Å². The van der Waals surface area contributed by atoms with Crippen molar-refractivity contribution in [1.82, 2.24) is 13.9 Å². The van der Waals surface area contributed by atoms with Crippen LogP contribution in [-0.4, -0.2) is 70.0 Å². The number of likely N-dealkylation sites (tertiary alicyclic amines) is 1. The standard InChI is InChI=1S/C27H29ClN4O4/c1-30(2)15-27(10-11-27)19-7-5-16(6-8-19)25(34)31-12-9-20(23(31)24(29)33)22-13-17-3-4-18(26(35)36)14-21(17)32(22)28/h3-8,13-14,20,23H,9-12,15H2,1-2H3,(H2,29,33)(H,35,36). The highest BCUT2D eigenvalue weighted by Gasteiger charge is 2.45. The zero-order chi connectivity index (χ0) is 25.8. The summed E-state index contributed by atoms with van der Waals surface area (Å²) in [7, 11) is 4.13. The second-order valence-corrected chi connectivity index (χ2v) is 10.6. The highest BCUT2D eigenvalue weighted by atomic mass is 35.5. The van der Waals surface area contributed by atoms with Crippen LogP contribution in [0.15, 0.2) is 48.5 Å². The van der Waals surface area contributed by atoms with E-state index in [9.17, 15) is 19.5 Å². The largest absolute Gasteiger partial charge is 0.478 e. The van der Waals surface area contributed by atoms with Gasteiger partial charge in [0.1, 0.15) is 6.04 Å². The Morgan fingerprint density at radius 1 is 1.08 bits per heavy atom. The molecule has 1 aromatic heterocycles. The number of benzene rings is 2. The molecule has 36 heavy (non-hydrogen) atoms. The number of nitrogens with zero attached hydrogens (tertiary/aromatic N) is 3. The Hall–Kier alpha value is -3.36. The molecule has 9 heteroatoms. The first-order valence-electron chi connectivity index (χ1n) is 12.0. The van der Waals surface area contributed by atoms with Gasteiger partial charge in [0.05, 0.1) is 11.1 Å². The SMILES string of the molecule is CN(C)CC1(c2ccc(C(=O)N3CCC(c4cc5ccc(C(=O)O)cc5n4Cl)C3C(N)=O)cc2)CC1. The van der Waals surface area contributed by atoms with Crippen molar-refractivity contribution in [2.45, 2.75) is 36.6 Å². The summed E-state index contributed by atoms with van der Waals surface area (Å²) < 4.78 is 1.38. The van der Waals surface area contributed by atoms with Crippen molar-refractivity contribution in [3.8, 4) is 0 Å². The van der Waals surface area contributed by atoms with Crippen molar-refractivity contribution in [1.29, 1.82) is 0 Å². The van der Waals surface area contributed by atoms with Crippen molar-refractivity contribution < 1.29 is 19.5 Å². The maximum absolute atomic E-state index is 13.5. The Morgan fingerprint density at radius 2 is 1.75 bits per heavy atom. The molecule has 1 saturated heterocycles. The smallest absolute Gasteiger partial charge is 0.335 e. The fourth-order valence-corrected chi connectivity index (χ4v) is 6.01. The number of nitrogens with two attached hydrogens (primary N) is 1. The number of carbonyl (C=O) groups excluding carboxylic acids is 2. The van der Waals surface area contributed by atoms with Crippen LogP contribution in [0, 0.1) is 0 Å². The average Bonchev–Trinajstić information content (AvgIpc) is 3.35. The van der Waals surface area contributed by atoms with E-state index in [1.54, 1.807) is 6.07 Å². The molecule has 2 atom stereocenters. The topological polar surface area (TPSA) is 109 Å². The monoisotopic (exact) mass is 508 g/mol. The molecule has 2 heterocycles. The van der Waals surface area contributed by atoms with Crippen LogP contribution >= 0.6 is 11.8 Å². The maximum Gasteiger partial charge on any atom is 0.335 e. The first-order valence-corrected chi connectivity index (χ1v) is 12.4. The first-order chi connectivity index (χ1) is 17.1. The van der Waals surface area contributed by atoms with Crippen molar-refractivity contribution in [3.63, 3.8) is 0 Å². The minimum atomic E-state index is -1.05. The number of carboxylic acid groups (broad SMARTS) is 1. The van der Waals surface area contributed by atoms with Crippen LogP contribution in [-0.2, 0) is 10.2 Å². The summed E-state index contributed by atoms with van der Waals surface area (Å²) in [5.41, 5.74) is 8.99. The number of carbonyl (C=O) groups is 3. The molecule has 1 aliphatic heterocycles. The minimum Gasteiger partial charge on any atom is -0.478 e. The second-order valence-electron chi connectivity index (χ2n) is 10.3. The van der Waals surface area contributed by atoms with Crippen LogP contribution in [0.25, 0.3) is 10.9 Å². The lowest BCUT2D eigenvalue weighted by atomic mass is 9.94. The van der Waals surface area contributed by atoms with E-state index in [-0.39, 0.29) is 16.9 Å². The summed E-state index contributed by atoms with van der Waals surface area (Å²) in [6, 6.07) is 13.4. The molecule has 0 bridgehead atoms. The number of carboxylic acids is 1. The molecule has 2 aliphatic rings. The van der Waals surface area contributed by atoms with Crippen LogP contribution in [0.1, 0.15) is 57.2 Å². The third-order valence-electron chi connectivity index (χ3n) is 7.57. The molecule has 8 nitrogen and oxygen atoms in total. The van der Waals surface area contributed by atoms with Crippen molar-refractivity contribution >= 4 is 40.5 Å². The van der Waals surface area contributed by atoms with Crippen LogP contribution in [0.4, 0.5) is 0 Å². The fourth-order valence-electron chi connectivity index (χ4n) is 5.68. The average molecular weight is 509 g/mol. The predicted molar refractivity (Wildman–Crippen MR) is 137 cm³/mol. The molecule has 188 valence electrons. The summed E-state index contributed by atoms with van der Waals surface area (Å²) >= 11 is 6.59. The summed E-state index contributed by atoms with van der Waals surface area (Å²) in [5.74, 6) is -2.29. The van der Waals surface area contributed by atoms with E-state index in [1.807, 2.05) is 30.3 Å². The number of primary amides is 1. The van der Waals surface area contributed by atoms with Gasteiger partial charge in [0.15, 0.2) is 0 Å². The second kappa shape index (κ2) is 8.94. The van der Waals surface area contributed by atoms with Gasteiger partial charge in [0.25, 0.3) is 5.91 Å². The highest BCUT2D eigenvalue weighted by molar-refractivity contribution is 6.20. The van der Waals surface area contributed by atoms with Gasteiger partial charge < -0.3 is 20.6 Å². The highest BCUT2D eigenvalue weighted by Crippen LogP contribution is 2.48. The van der Waals surface area contributed by atoms with E-state index in [2.05, 4.69) is 19.0 Å². The lowest BCUT2D eigenvalue weighted by Crippen LogP contribution is -2.46. The lowest BCUT2D eigenvalue weighted by molar-refractivity contribution is -0.122. The van der Waals surface area contributed by atoms with E-state index in [1.165, 1.54) is 26.7 Å². The van der Waals surface area contributed by atoms with Gasteiger partial charge in [-0.15, -0.1) is 0 Å². The Bertz CT molecular complexity index is 1360. The van der Waals surface area contributed by atoms with E-state index < -0.39 is 23.8 Å². The summed E-state index contributed by atoms with van der Waals surface area (Å²) in [5, 5.41) is 10.1. The summed E-state index contributed by atoms with van der Waals surface area (Å²) in [6.07, 6.45) is 2.78. The molecule has 2 amide bonds. The van der Waals surface area contributed by atoms with Gasteiger partial charge in [0.2, 0.25) is 5.91 Å². The third-order valence-corrected chi connectivity index (χ3v) is 7.94. The molecular formula is C27H29ClN4O4. The van der Waals surface area contributed by atoms with Gasteiger partial charge in [0, 0.05) is 52.8 Å². The molecule has 5 rings (SSSR count). The molecular weight excluding hydrogens is 480 g/mol. The first kappa shape index (κ1) is 24.3. The Kier molecular flexibility index (Phi) is 6.04. The Morgan fingerprint density at radius 3 is 2.33 bits per heavy atom. The summed E-state index contributed by atoms with van der Waals surface area (Å²) in [4.78, 5) is 41.2. The minimum absolute atomic E-state index is 0.116. The van der Waals surface area contributed by atoms with Crippen molar-refractivity contribution in [3.05, 3.63) is 70.9 Å². The molecule has 0 radical (unpaired) electrons. The van der Waals surface area contributed by atoms with E-state index >= 15 is 0 Å². The van der Waals surface area contributed by atoms with E-state index in [0.717, 1.165) is 24.8 Å². The molecule has 1 aliphatic carbocycles. The van der Waals surface area contributed by atoms with Gasteiger partial charge in [-0.25, -0.2) is 4.79 Å². The quantitative estimate of drug-likeness (QED) is 0.508. The number of aromatic carboxylic acids is 1.